The van der Waals surface area contributed by atoms with E-state index in [2.05, 4.69) is 34.7 Å². The molecule has 0 aliphatic rings. The summed E-state index contributed by atoms with van der Waals surface area (Å²) in [7, 11) is 0. The normalized spacial score (nSPS) is 11.5. The van der Waals surface area contributed by atoms with Gasteiger partial charge in [-0.25, -0.2) is 0 Å². The fourth-order valence-corrected chi connectivity index (χ4v) is 1.67. The van der Waals surface area contributed by atoms with Crippen LogP contribution in [0, 0.1) is 0 Å². The van der Waals surface area contributed by atoms with E-state index in [4.69, 9.17) is 9.47 Å². The second kappa shape index (κ2) is 7.21. The Morgan fingerprint density at radius 2 is 1.76 bits per heavy atom. The average Bonchev–Trinajstić information content (AvgIpc) is 2.25. The number of rotatable bonds is 6. The molecular weight excluding hydrogens is 327 g/mol. The van der Waals surface area contributed by atoms with Crippen molar-refractivity contribution in [3.63, 3.8) is 0 Å². The van der Waals surface area contributed by atoms with Gasteiger partial charge in [0.2, 0.25) is 0 Å². The molecule has 0 fully saturated rings. The summed E-state index contributed by atoms with van der Waals surface area (Å²) in [5.41, 5.74) is 1.05. The molecule has 0 saturated carbocycles. The largest absolute Gasteiger partial charge is 0.488 e. The van der Waals surface area contributed by atoms with Crippen LogP contribution in [-0.4, -0.2) is 16.6 Å². The van der Waals surface area contributed by atoms with Crippen LogP contribution in [0.3, 0.4) is 0 Å². The smallest absolute Gasteiger partial charge is 0.120 e. The molecule has 3 heteroatoms. The lowest BCUT2D eigenvalue weighted by Gasteiger charge is -2.21. The minimum atomic E-state index is -0.141. The van der Waals surface area contributed by atoms with E-state index in [1.165, 1.54) is 5.56 Å². The minimum absolute atomic E-state index is 0.141. The second-order valence-electron chi connectivity index (χ2n) is 4.95. The van der Waals surface area contributed by atoms with Gasteiger partial charge in [-0.15, -0.1) is 0 Å². The van der Waals surface area contributed by atoms with Crippen molar-refractivity contribution in [2.45, 2.75) is 39.4 Å². The van der Waals surface area contributed by atoms with Crippen LogP contribution in [0.4, 0.5) is 0 Å². The second-order valence-corrected chi connectivity index (χ2v) is 6.03. The van der Waals surface area contributed by atoms with Crippen molar-refractivity contribution in [3.8, 4) is 5.75 Å². The first-order valence-electron chi connectivity index (χ1n) is 5.93. The first-order chi connectivity index (χ1) is 8.01. The third-order valence-electron chi connectivity index (χ3n) is 2.04. The summed E-state index contributed by atoms with van der Waals surface area (Å²) in [6.45, 7) is 7.67. The van der Waals surface area contributed by atoms with E-state index in [0.29, 0.717) is 6.61 Å². The van der Waals surface area contributed by atoms with Gasteiger partial charge >= 0.3 is 0 Å². The van der Waals surface area contributed by atoms with Gasteiger partial charge in [0.15, 0.2) is 0 Å². The molecule has 0 heterocycles. The maximum Gasteiger partial charge on any atom is 0.120 e. The topological polar surface area (TPSA) is 18.5 Å². The van der Waals surface area contributed by atoms with E-state index in [1.807, 2.05) is 32.9 Å². The van der Waals surface area contributed by atoms with Crippen LogP contribution in [0.15, 0.2) is 24.3 Å². The Morgan fingerprint density at radius 1 is 1.12 bits per heavy atom. The number of benzene rings is 1. The highest BCUT2D eigenvalue weighted by Gasteiger charge is 2.11. The molecular formula is C14H21IO2. The highest BCUT2D eigenvalue weighted by atomic mass is 127. The van der Waals surface area contributed by atoms with Crippen LogP contribution in [-0.2, 0) is 11.3 Å². The maximum absolute atomic E-state index is 5.76. The van der Waals surface area contributed by atoms with Gasteiger partial charge in [0, 0.05) is 11.0 Å². The Hall–Kier alpha value is -0.290. The van der Waals surface area contributed by atoms with Crippen molar-refractivity contribution >= 4 is 22.6 Å². The van der Waals surface area contributed by atoms with Crippen molar-refractivity contribution in [2.24, 2.45) is 0 Å². The van der Waals surface area contributed by atoms with Gasteiger partial charge in [-0.1, -0.05) is 34.7 Å². The molecule has 0 atom stereocenters. The number of hydrogen-bond acceptors (Lipinski definition) is 2. The molecule has 0 aliphatic heterocycles. The van der Waals surface area contributed by atoms with Crippen molar-refractivity contribution < 1.29 is 9.47 Å². The summed E-state index contributed by atoms with van der Waals surface area (Å²) in [4.78, 5) is 0. The molecule has 0 spiro atoms. The van der Waals surface area contributed by atoms with Gasteiger partial charge in [0.1, 0.15) is 11.4 Å². The van der Waals surface area contributed by atoms with Gasteiger partial charge in [-0.05, 0) is 44.9 Å². The van der Waals surface area contributed by atoms with E-state index in [9.17, 15) is 0 Å². The highest BCUT2D eigenvalue weighted by Crippen LogP contribution is 2.18. The third kappa shape index (κ3) is 6.88. The van der Waals surface area contributed by atoms with E-state index in [1.54, 1.807) is 0 Å². The van der Waals surface area contributed by atoms with Crippen LogP contribution in [0.25, 0.3) is 0 Å². The van der Waals surface area contributed by atoms with Gasteiger partial charge < -0.3 is 9.47 Å². The molecule has 1 aromatic carbocycles. The Kier molecular flexibility index (Phi) is 6.27. The average molecular weight is 348 g/mol. The van der Waals surface area contributed by atoms with Crippen molar-refractivity contribution in [1.82, 2.24) is 0 Å². The summed E-state index contributed by atoms with van der Waals surface area (Å²) < 4.78 is 12.5. The molecule has 1 rings (SSSR count). The summed E-state index contributed by atoms with van der Waals surface area (Å²) in [6, 6.07) is 8.13. The molecule has 1 aromatic rings. The van der Waals surface area contributed by atoms with Crippen molar-refractivity contribution in [2.75, 3.05) is 11.0 Å². The molecule has 2 nitrogen and oxygen atoms in total. The van der Waals surface area contributed by atoms with Crippen LogP contribution in [0.1, 0.15) is 32.8 Å². The van der Waals surface area contributed by atoms with Gasteiger partial charge in [-0.3, -0.25) is 0 Å². The minimum Gasteiger partial charge on any atom is -0.488 e. The monoisotopic (exact) mass is 348 g/mol. The van der Waals surface area contributed by atoms with E-state index >= 15 is 0 Å². The molecule has 0 unspecified atom stereocenters. The predicted molar refractivity (Wildman–Crippen MR) is 80.0 cm³/mol. The summed E-state index contributed by atoms with van der Waals surface area (Å²) in [5.74, 6) is 0.911. The van der Waals surface area contributed by atoms with Crippen LogP contribution in [0.5, 0.6) is 5.75 Å². The number of halogens is 1. The fourth-order valence-electron chi connectivity index (χ4n) is 1.35. The van der Waals surface area contributed by atoms with Gasteiger partial charge in [-0.2, -0.15) is 0 Å². The zero-order valence-electron chi connectivity index (χ0n) is 10.8. The van der Waals surface area contributed by atoms with Crippen LogP contribution < -0.4 is 4.74 Å². The predicted octanol–water partition coefficient (Wildman–Crippen LogP) is 4.21. The summed E-state index contributed by atoms with van der Waals surface area (Å²) >= 11 is 2.36. The molecule has 0 amide bonds. The Balaban J connectivity index is 2.39. The summed E-state index contributed by atoms with van der Waals surface area (Å²) in [5, 5.41) is 0. The van der Waals surface area contributed by atoms with Crippen molar-refractivity contribution in [3.05, 3.63) is 29.8 Å². The first-order valence-corrected chi connectivity index (χ1v) is 7.45. The Bertz CT molecular complexity index is 314. The number of hydrogen-bond donors (Lipinski definition) is 0. The van der Waals surface area contributed by atoms with E-state index in [0.717, 1.165) is 23.2 Å². The molecule has 0 bridgehead atoms. The molecule has 0 saturated heterocycles. The maximum atomic E-state index is 5.76. The quantitative estimate of drug-likeness (QED) is 0.436. The summed E-state index contributed by atoms with van der Waals surface area (Å²) in [6.07, 6.45) is 1.12. The third-order valence-corrected chi connectivity index (χ3v) is 2.80. The number of ether oxygens (including phenoxy) is 2. The van der Waals surface area contributed by atoms with Crippen molar-refractivity contribution in [1.29, 1.82) is 0 Å². The van der Waals surface area contributed by atoms with Crippen LogP contribution in [0.2, 0.25) is 0 Å². The Labute approximate surface area is 118 Å². The zero-order valence-corrected chi connectivity index (χ0v) is 13.0. The molecule has 0 aliphatic carbocycles. The Morgan fingerprint density at radius 3 is 2.29 bits per heavy atom. The van der Waals surface area contributed by atoms with E-state index < -0.39 is 0 Å². The highest BCUT2D eigenvalue weighted by molar-refractivity contribution is 14.1. The fraction of sp³-hybridized carbons (Fsp3) is 0.571. The SMILES string of the molecule is CC(C)(C)Oc1ccc(COCCCI)cc1. The van der Waals surface area contributed by atoms with Crippen LogP contribution >= 0.6 is 22.6 Å². The molecule has 0 N–H and O–H groups in total. The molecule has 0 radical (unpaired) electrons. The standard InChI is InChI=1S/C14H21IO2/c1-14(2,3)17-13-7-5-12(6-8-13)11-16-10-4-9-15/h5-8H,4,9-11H2,1-3H3. The van der Waals surface area contributed by atoms with E-state index in [-0.39, 0.29) is 5.60 Å². The molecule has 0 aromatic heterocycles. The van der Waals surface area contributed by atoms with Gasteiger partial charge in [0.25, 0.3) is 0 Å². The van der Waals surface area contributed by atoms with Gasteiger partial charge in [0.05, 0.1) is 6.61 Å². The zero-order chi connectivity index (χ0) is 12.7. The lowest BCUT2D eigenvalue weighted by molar-refractivity contribution is 0.121. The number of alkyl halides is 1. The lowest BCUT2D eigenvalue weighted by Crippen LogP contribution is -2.22. The molecule has 17 heavy (non-hydrogen) atoms. The first kappa shape index (κ1) is 14.8. The molecule has 96 valence electrons. The lowest BCUT2D eigenvalue weighted by atomic mass is 10.2.